The second-order valence-corrected chi connectivity index (χ2v) is 6.88. The van der Waals surface area contributed by atoms with E-state index in [1.54, 1.807) is 32.4 Å². The number of methoxy groups -OCH3 is 2. The fraction of sp³-hybridized carbons (Fsp3) is 0.318. The Morgan fingerprint density at radius 3 is 2.50 bits per heavy atom. The minimum absolute atomic E-state index is 0.134. The van der Waals surface area contributed by atoms with Crippen molar-refractivity contribution in [1.82, 2.24) is 10.2 Å². The second kappa shape index (κ2) is 9.78. The monoisotopic (exact) mass is 411 g/mol. The number of anilines is 1. The summed E-state index contributed by atoms with van der Waals surface area (Å²) in [5.41, 5.74) is 1.61. The number of nitrogens with one attached hydrogen (secondary N) is 2. The number of rotatable bonds is 9. The molecule has 0 radical (unpaired) electrons. The minimum Gasteiger partial charge on any atom is -0.493 e. The van der Waals surface area contributed by atoms with Gasteiger partial charge in [0.2, 0.25) is 5.91 Å². The molecule has 1 atom stereocenters. The van der Waals surface area contributed by atoms with Crippen LogP contribution in [0.2, 0.25) is 0 Å². The molecule has 8 nitrogen and oxygen atoms in total. The van der Waals surface area contributed by atoms with Crippen LogP contribution in [0.5, 0.6) is 11.5 Å². The molecule has 4 amide bonds. The van der Waals surface area contributed by atoms with Crippen molar-refractivity contribution in [3.63, 3.8) is 0 Å². The maximum absolute atomic E-state index is 12.6. The Kier molecular flexibility index (Phi) is 6.90. The molecule has 0 bridgehead atoms. The van der Waals surface area contributed by atoms with Crippen molar-refractivity contribution < 1.29 is 23.9 Å². The smallest absolute Gasteiger partial charge is 0.324 e. The van der Waals surface area contributed by atoms with Gasteiger partial charge in [-0.25, -0.2) is 4.79 Å². The van der Waals surface area contributed by atoms with Gasteiger partial charge in [0.05, 0.1) is 14.2 Å². The Bertz CT molecular complexity index is 916. The van der Waals surface area contributed by atoms with Gasteiger partial charge in [0.25, 0.3) is 5.91 Å². The van der Waals surface area contributed by atoms with Crippen LogP contribution in [-0.2, 0) is 16.0 Å². The molecular formula is C22H25N3O5. The summed E-state index contributed by atoms with van der Waals surface area (Å²) in [6.45, 7) is 0.243. The number of nitrogens with zero attached hydrogens (tertiary/aromatic N) is 1. The van der Waals surface area contributed by atoms with Crippen molar-refractivity contribution in [3.05, 3.63) is 54.1 Å². The molecule has 0 spiro atoms. The highest BCUT2D eigenvalue weighted by molar-refractivity contribution is 6.04. The van der Waals surface area contributed by atoms with Gasteiger partial charge in [-0.2, -0.15) is 0 Å². The first-order chi connectivity index (χ1) is 14.5. The predicted octanol–water partition coefficient (Wildman–Crippen LogP) is 2.59. The molecule has 1 fully saturated rings. The van der Waals surface area contributed by atoms with Gasteiger partial charge in [-0.05, 0) is 42.7 Å². The molecule has 1 heterocycles. The molecule has 158 valence electrons. The molecule has 2 aromatic rings. The summed E-state index contributed by atoms with van der Waals surface area (Å²) in [6, 6.07) is 13.4. The van der Waals surface area contributed by atoms with Gasteiger partial charge in [0, 0.05) is 18.7 Å². The number of carbonyl (C=O) groups is 3. The fourth-order valence-corrected chi connectivity index (χ4v) is 3.28. The second-order valence-electron chi connectivity index (χ2n) is 6.88. The van der Waals surface area contributed by atoms with Gasteiger partial charge < -0.3 is 20.1 Å². The number of ether oxygens (including phenoxy) is 2. The van der Waals surface area contributed by atoms with E-state index in [1.807, 2.05) is 30.3 Å². The largest absolute Gasteiger partial charge is 0.493 e. The molecule has 8 heteroatoms. The Balaban J connectivity index is 1.51. The highest BCUT2D eigenvalue weighted by atomic mass is 16.5. The van der Waals surface area contributed by atoms with Crippen LogP contribution < -0.4 is 20.1 Å². The third-order valence-corrected chi connectivity index (χ3v) is 4.90. The van der Waals surface area contributed by atoms with Crippen molar-refractivity contribution in [2.24, 2.45) is 0 Å². The molecule has 1 saturated heterocycles. The number of urea groups is 1. The van der Waals surface area contributed by atoms with E-state index in [0.717, 1.165) is 5.56 Å². The molecule has 1 aliphatic heterocycles. The van der Waals surface area contributed by atoms with Gasteiger partial charge in [0.15, 0.2) is 11.5 Å². The zero-order valence-corrected chi connectivity index (χ0v) is 17.0. The fourth-order valence-electron chi connectivity index (χ4n) is 3.28. The molecule has 2 N–H and O–H groups in total. The Morgan fingerprint density at radius 1 is 1.07 bits per heavy atom. The average molecular weight is 411 g/mol. The van der Waals surface area contributed by atoms with Crippen LogP contribution in [0, 0.1) is 0 Å². The molecule has 1 unspecified atom stereocenters. The van der Waals surface area contributed by atoms with Crippen molar-refractivity contribution in [2.45, 2.75) is 25.3 Å². The standard InChI is InChI=1S/C22H25N3O5/c1-29-18-10-8-15(14-19(18)30-2)12-13-25-21(27)17(24-22(25)28)9-11-20(26)23-16-6-4-3-5-7-16/h3-8,10,14,17H,9,11-13H2,1-2H3,(H,23,26)(H,24,28). The number of para-hydroxylation sites is 1. The Morgan fingerprint density at radius 2 is 1.80 bits per heavy atom. The number of imide groups is 1. The van der Waals surface area contributed by atoms with E-state index < -0.39 is 12.1 Å². The molecular weight excluding hydrogens is 386 g/mol. The summed E-state index contributed by atoms with van der Waals surface area (Å²) in [5, 5.41) is 5.43. The summed E-state index contributed by atoms with van der Waals surface area (Å²) in [5.74, 6) is 0.694. The van der Waals surface area contributed by atoms with Crippen molar-refractivity contribution in [3.8, 4) is 11.5 Å². The lowest BCUT2D eigenvalue weighted by Gasteiger charge is -2.14. The maximum Gasteiger partial charge on any atom is 0.324 e. The Hall–Kier alpha value is -3.55. The third-order valence-electron chi connectivity index (χ3n) is 4.90. The first-order valence-electron chi connectivity index (χ1n) is 9.69. The number of benzene rings is 2. The van der Waals surface area contributed by atoms with E-state index in [4.69, 9.17) is 9.47 Å². The van der Waals surface area contributed by atoms with Gasteiger partial charge in [-0.15, -0.1) is 0 Å². The number of hydrogen-bond acceptors (Lipinski definition) is 5. The third kappa shape index (κ3) is 5.08. The average Bonchev–Trinajstić information content (AvgIpc) is 3.03. The number of carbonyl (C=O) groups excluding carboxylic acids is 3. The molecule has 30 heavy (non-hydrogen) atoms. The van der Waals surface area contributed by atoms with E-state index in [-0.39, 0.29) is 31.2 Å². The van der Waals surface area contributed by atoms with E-state index in [0.29, 0.717) is 23.6 Å². The van der Waals surface area contributed by atoms with Crippen LogP contribution >= 0.6 is 0 Å². The molecule has 1 aliphatic rings. The van der Waals surface area contributed by atoms with Crippen molar-refractivity contribution >= 4 is 23.5 Å². The van der Waals surface area contributed by atoms with E-state index >= 15 is 0 Å². The summed E-state index contributed by atoms with van der Waals surface area (Å²) in [7, 11) is 3.11. The maximum atomic E-state index is 12.6. The minimum atomic E-state index is -0.690. The summed E-state index contributed by atoms with van der Waals surface area (Å²) in [6.07, 6.45) is 0.867. The van der Waals surface area contributed by atoms with E-state index in [9.17, 15) is 14.4 Å². The predicted molar refractivity (Wildman–Crippen MR) is 112 cm³/mol. The highest BCUT2D eigenvalue weighted by Gasteiger charge is 2.37. The molecule has 0 aliphatic carbocycles. The SMILES string of the molecule is COc1ccc(CCN2C(=O)NC(CCC(=O)Nc3ccccc3)C2=O)cc1OC. The highest BCUT2D eigenvalue weighted by Crippen LogP contribution is 2.28. The summed E-state index contributed by atoms with van der Waals surface area (Å²) >= 11 is 0. The lowest BCUT2D eigenvalue weighted by Crippen LogP contribution is -2.33. The topological polar surface area (TPSA) is 97.0 Å². The van der Waals surface area contributed by atoms with Gasteiger partial charge in [0.1, 0.15) is 6.04 Å². The van der Waals surface area contributed by atoms with Gasteiger partial charge in [-0.3, -0.25) is 14.5 Å². The summed E-state index contributed by atoms with van der Waals surface area (Å²) < 4.78 is 10.5. The normalized spacial score (nSPS) is 15.7. The lowest BCUT2D eigenvalue weighted by atomic mass is 10.1. The van der Waals surface area contributed by atoms with Crippen LogP contribution in [0.3, 0.4) is 0 Å². The first-order valence-corrected chi connectivity index (χ1v) is 9.69. The molecule has 2 aromatic carbocycles. The van der Waals surface area contributed by atoms with Crippen molar-refractivity contribution in [2.75, 3.05) is 26.1 Å². The summed E-state index contributed by atoms with van der Waals surface area (Å²) in [4.78, 5) is 38.1. The van der Waals surface area contributed by atoms with Crippen LogP contribution in [0.4, 0.5) is 10.5 Å². The van der Waals surface area contributed by atoms with Crippen LogP contribution in [0.15, 0.2) is 48.5 Å². The van der Waals surface area contributed by atoms with E-state index in [1.165, 1.54) is 4.90 Å². The molecule has 0 saturated carbocycles. The van der Waals surface area contributed by atoms with Crippen LogP contribution in [0.1, 0.15) is 18.4 Å². The van der Waals surface area contributed by atoms with Crippen molar-refractivity contribution in [1.29, 1.82) is 0 Å². The molecule has 3 rings (SSSR count). The quantitative estimate of drug-likeness (QED) is 0.618. The lowest BCUT2D eigenvalue weighted by molar-refractivity contribution is -0.127. The van der Waals surface area contributed by atoms with Crippen LogP contribution in [0.25, 0.3) is 0 Å². The zero-order valence-electron chi connectivity index (χ0n) is 17.0. The van der Waals surface area contributed by atoms with Gasteiger partial charge in [-0.1, -0.05) is 24.3 Å². The van der Waals surface area contributed by atoms with Gasteiger partial charge >= 0.3 is 6.03 Å². The first kappa shape index (κ1) is 21.2. The van der Waals surface area contributed by atoms with E-state index in [2.05, 4.69) is 10.6 Å². The number of hydrogen-bond donors (Lipinski definition) is 2. The van der Waals surface area contributed by atoms with Crippen LogP contribution in [-0.4, -0.2) is 49.6 Å². The number of amides is 4. The molecule has 0 aromatic heterocycles. The Labute approximate surface area is 175 Å². The zero-order chi connectivity index (χ0) is 21.5.